The molecule has 3 amide bonds. The lowest BCUT2D eigenvalue weighted by molar-refractivity contribution is -0.139. The van der Waals surface area contributed by atoms with E-state index >= 15 is 0 Å². The second kappa shape index (κ2) is 11.7. The molecule has 2 aromatic carbocycles. The molecule has 0 radical (unpaired) electrons. The lowest BCUT2D eigenvalue weighted by atomic mass is 10.1. The Balaban J connectivity index is 1.48. The number of imide groups is 1. The number of thioether (sulfide) groups is 1. The van der Waals surface area contributed by atoms with E-state index in [0.717, 1.165) is 22.2 Å². The van der Waals surface area contributed by atoms with Crippen molar-refractivity contribution in [2.75, 3.05) is 40.0 Å². The zero-order chi connectivity index (χ0) is 25.8. The summed E-state index contributed by atoms with van der Waals surface area (Å²) in [4.78, 5) is 40.5. The maximum atomic E-state index is 12.9. The van der Waals surface area contributed by atoms with Crippen LogP contribution in [-0.4, -0.2) is 66.8 Å². The van der Waals surface area contributed by atoms with Gasteiger partial charge in [0.1, 0.15) is 13.2 Å². The summed E-state index contributed by atoms with van der Waals surface area (Å²) in [5.74, 6) is -0.182. The van der Waals surface area contributed by atoms with Crippen molar-refractivity contribution >= 4 is 69.7 Å². The zero-order valence-corrected chi connectivity index (χ0v) is 22.2. The largest absolute Gasteiger partial charge is 0.493 e. The first-order chi connectivity index (χ1) is 17.3. The third-order valence-corrected chi connectivity index (χ3v) is 7.37. The third kappa shape index (κ3) is 6.10. The molecule has 0 saturated carbocycles. The molecule has 4 rings (SSSR count). The summed E-state index contributed by atoms with van der Waals surface area (Å²) in [5, 5.41) is 0.594. The van der Waals surface area contributed by atoms with E-state index in [1.54, 1.807) is 35.2 Å². The van der Waals surface area contributed by atoms with E-state index in [1.807, 2.05) is 0 Å². The van der Waals surface area contributed by atoms with Crippen LogP contribution in [0, 0.1) is 0 Å². The van der Waals surface area contributed by atoms with Gasteiger partial charge in [0.2, 0.25) is 5.91 Å². The molecule has 0 aliphatic carbocycles. The van der Waals surface area contributed by atoms with Crippen LogP contribution in [0.3, 0.4) is 0 Å². The Bertz CT molecular complexity index is 1230. The van der Waals surface area contributed by atoms with Crippen LogP contribution in [0.4, 0.5) is 4.79 Å². The minimum Gasteiger partial charge on any atom is -0.493 e. The second-order valence-corrected chi connectivity index (χ2v) is 10.0. The third-order valence-electron chi connectivity index (χ3n) is 5.45. The van der Waals surface area contributed by atoms with Gasteiger partial charge in [-0.25, -0.2) is 0 Å². The molecule has 0 bridgehead atoms. The number of hydrogen-bond acceptors (Lipinski definition) is 7. The molecule has 0 aromatic heterocycles. The number of rotatable bonds is 7. The number of halogens is 3. The minimum absolute atomic E-state index is 0.169. The van der Waals surface area contributed by atoms with Crippen LogP contribution in [0.1, 0.15) is 11.1 Å². The van der Waals surface area contributed by atoms with Gasteiger partial charge < -0.3 is 19.1 Å². The van der Waals surface area contributed by atoms with Gasteiger partial charge in [0, 0.05) is 13.1 Å². The first-order valence-electron chi connectivity index (χ1n) is 10.8. The SMILES string of the molecule is COc1cc(/C=C2/SC(=O)N(CC(=O)N3CCOCC3)C2=O)cc(Cl)c1OCc1ccc(Cl)c(Cl)c1. The van der Waals surface area contributed by atoms with Crippen molar-refractivity contribution in [3.05, 3.63) is 61.4 Å². The first kappa shape index (κ1) is 26.6. The second-order valence-electron chi connectivity index (χ2n) is 7.83. The summed E-state index contributed by atoms with van der Waals surface area (Å²) >= 11 is 19.2. The average Bonchev–Trinajstić information content (AvgIpc) is 3.12. The maximum Gasteiger partial charge on any atom is 0.294 e. The van der Waals surface area contributed by atoms with Crippen molar-refractivity contribution in [3.63, 3.8) is 0 Å². The Morgan fingerprint density at radius 3 is 2.53 bits per heavy atom. The quantitative estimate of drug-likeness (QED) is 0.426. The number of ether oxygens (including phenoxy) is 3. The molecule has 8 nitrogen and oxygen atoms in total. The molecule has 2 fully saturated rings. The zero-order valence-electron chi connectivity index (χ0n) is 19.1. The number of methoxy groups -OCH3 is 1. The van der Waals surface area contributed by atoms with Gasteiger partial charge in [0.15, 0.2) is 11.5 Å². The van der Waals surface area contributed by atoms with Crippen molar-refractivity contribution in [1.29, 1.82) is 0 Å². The lowest BCUT2D eigenvalue weighted by Crippen LogP contribution is -2.46. The van der Waals surface area contributed by atoms with Gasteiger partial charge in [0.25, 0.3) is 11.1 Å². The van der Waals surface area contributed by atoms with Crippen LogP contribution in [-0.2, 0) is 20.9 Å². The van der Waals surface area contributed by atoms with Crippen LogP contribution in [0.2, 0.25) is 15.1 Å². The lowest BCUT2D eigenvalue weighted by Gasteiger charge is -2.28. The fourth-order valence-corrected chi connectivity index (χ4v) is 5.02. The smallest absolute Gasteiger partial charge is 0.294 e. The average molecular weight is 572 g/mol. The molecule has 2 heterocycles. The summed E-state index contributed by atoms with van der Waals surface area (Å²) in [6, 6.07) is 8.39. The molecule has 2 aliphatic heterocycles. The van der Waals surface area contributed by atoms with E-state index in [-0.39, 0.29) is 29.0 Å². The van der Waals surface area contributed by atoms with Gasteiger partial charge in [-0.1, -0.05) is 40.9 Å². The predicted molar refractivity (Wildman–Crippen MR) is 139 cm³/mol. The summed E-state index contributed by atoms with van der Waals surface area (Å²) in [5.41, 5.74) is 1.32. The molecule has 0 N–H and O–H groups in total. The van der Waals surface area contributed by atoms with Gasteiger partial charge in [-0.05, 0) is 53.2 Å². The summed E-state index contributed by atoms with van der Waals surface area (Å²) in [7, 11) is 1.46. The normalized spacial score (nSPS) is 17.2. The maximum absolute atomic E-state index is 12.9. The molecule has 190 valence electrons. The molecule has 12 heteroatoms. The molecule has 2 aromatic rings. The predicted octanol–water partition coefficient (Wildman–Crippen LogP) is 5.13. The molecule has 0 unspecified atom stereocenters. The van der Waals surface area contributed by atoms with E-state index in [2.05, 4.69) is 0 Å². The number of amides is 3. The monoisotopic (exact) mass is 570 g/mol. The number of hydrogen-bond donors (Lipinski definition) is 0. The fourth-order valence-electron chi connectivity index (χ4n) is 3.58. The van der Waals surface area contributed by atoms with Crippen LogP contribution < -0.4 is 9.47 Å². The highest BCUT2D eigenvalue weighted by atomic mass is 35.5. The fraction of sp³-hybridized carbons (Fsp3) is 0.292. The number of morpholine rings is 1. The van der Waals surface area contributed by atoms with Gasteiger partial charge in [0.05, 0.1) is 40.3 Å². The number of carbonyl (C=O) groups excluding carboxylic acids is 3. The molecular weight excluding hydrogens is 551 g/mol. The van der Waals surface area contributed by atoms with Gasteiger partial charge in [-0.3, -0.25) is 19.3 Å². The number of benzene rings is 2. The summed E-state index contributed by atoms with van der Waals surface area (Å²) < 4.78 is 16.5. The van der Waals surface area contributed by atoms with Crippen molar-refractivity contribution in [1.82, 2.24) is 9.80 Å². The van der Waals surface area contributed by atoms with Crippen molar-refractivity contribution in [3.8, 4) is 11.5 Å². The standard InChI is InChI=1S/C24H21Cl3N2O6S/c1-33-19-10-15(9-18(27)22(19)35-13-14-2-3-16(25)17(26)8-14)11-20-23(31)29(24(32)36-20)12-21(30)28-4-6-34-7-5-28/h2-3,8-11H,4-7,12-13H2,1H3/b20-11+. The minimum atomic E-state index is -0.540. The number of carbonyl (C=O) groups is 3. The van der Waals surface area contributed by atoms with Crippen molar-refractivity contribution in [2.24, 2.45) is 0 Å². The number of nitrogens with zero attached hydrogens (tertiary/aromatic N) is 2. The summed E-state index contributed by atoms with van der Waals surface area (Å²) in [6.07, 6.45) is 1.53. The topological polar surface area (TPSA) is 85.4 Å². The molecule has 36 heavy (non-hydrogen) atoms. The van der Waals surface area contributed by atoms with Gasteiger partial charge in [-0.2, -0.15) is 0 Å². The van der Waals surface area contributed by atoms with E-state index in [4.69, 9.17) is 49.0 Å². The molecular formula is C24H21Cl3N2O6S. The van der Waals surface area contributed by atoms with Crippen molar-refractivity contribution in [2.45, 2.75) is 6.61 Å². The van der Waals surface area contributed by atoms with Gasteiger partial charge >= 0.3 is 0 Å². The molecule has 2 saturated heterocycles. The Hall–Kier alpha value is -2.43. The first-order valence-corrected chi connectivity index (χ1v) is 12.8. The highest BCUT2D eigenvalue weighted by Gasteiger charge is 2.37. The highest BCUT2D eigenvalue weighted by molar-refractivity contribution is 8.18. The molecule has 0 spiro atoms. The molecule has 2 aliphatic rings. The Morgan fingerprint density at radius 2 is 1.83 bits per heavy atom. The van der Waals surface area contributed by atoms with E-state index in [9.17, 15) is 14.4 Å². The van der Waals surface area contributed by atoms with E-state index in [0.29, 0.717) is 53.4 Å². The van der Waals surface area contributed by atoms with E-state index < -0.39 is 11.1 Å². The van der Waals surface area contributed by atoms with Gasteiger partial charge in [-0.15, -0.1) is 0 Å². The molecule has 0 atom stereocenters. The Labute approximate surface area is 227 Å². The Kier molecular flexibility index (Phi) is 8.69. The van der Waals surface area contributed by atoms with Crippen LogP contribution in [0.25, 0.3) is 6.08 Å². The van der Waals surface area contributed by atoms with Crippen LogP contribution >= 0.6 is 46.6 Å². The van der Waals surface area contributed by atoms with Crippen LogP contribution in [0.15, 0.2) is 35.2 Å². The van der Waals surface area contributed by atoms with E-state index in [1.165, 1.54) is 13.2 Å². The highest BCUT2D eigenvalue weighted by Crippen LogP contribution is 2.39. The van der Waals surface area contributed by atoms with Crippen LogP contribution in [0.5, 0.6) is 11.5 Å². The Morgan fingerprint density at radius 1 is 1.08 bits per heavy atom. The summed E-state index contributed by atoms with van der Waals surface area (Å²) in [6.45, 7) is 1.59. The van der Waals surface area contributed by atoms with Crippen molar-refractivity contribution < 1.29 is 28.6 Å².